The zero-order valence-electron chi connectivity index (χ0n) is 19.6. The quantitative estimate of drug-likeness (QED) is 0.175. The molecule has 0 saturated carbocycles. The first-order valence-electron chi connectivity index (χ1n) is 11.4. The molecule has 3 rings (SSSR count). The summed E-state index contributed by atoms with van der Waals surface area (Å²) in [6.45, 7) is 5.03. The predicted molar refractivity (Wildman–Crippen MR) is 134 cm³/mol. The standard InChI is InChI=1S/C26H29Cl2NO5/c1-4-6-7-13-34-18-10-8-16(9-11-18)22-21(24(31)26(32)29(22)12-5-2)23(30)19-14-17(27)15-20(28)25(19)33-3/h8-11,14-15,22,30H,4-7,12-13H2,1-3H3/b23-21+. The maximum absolute atomic E-state index is 13.1. The van der Waals surface area contributed by atoms with Gasteiger partial charge in [0.25, 0.3) is 11.7 Å². The number of carbonyl (C=O) groups is 2. The molecule has 0 bridgehead atoms. The first-order chi connectivity index (χ1) is 16.3. The van der Waals surface area contributed by atoms with Crippen LogP contribution < -0.4 is 9.47 Å². The van der Waals surface area contributed by atoms with Crippen LogP contribution in [0.3, 0.4) is 0 Å². The number of hydrogen-bond acceptors (Lipinski definition) is 5. The highest BCUT2D eigenvalue weighted by molar-refractivity contribution is 6.46. The average molecular weight is 506 g/mol. The fourth-order valence-corrected chi connectivity index (χ4v) is 4.65. The summed E-state index contributed by atoms with van der Waals surface area (Å²) in [6.07, 6.45) is 3.83. The van der Waals surface area contributed by atoms with Crippen molar-refractivity contribution in [3.8, 4) is 11.5 Å². The van der Waals surface area contributed by atoms with E-state index in [0.29, 0.717) is 30.9 Å². The summed E-state index contributed by atoms with van der Waals surface area (Å²) in [5, 5.41) is 11.7. The topological polar surface area (TPSA) is 76.1 Å². The van der Waals surface area contributed by atoms with Crippen LogP contribution in [0.4, 0.5) is 0 Å². The second-order valence-corrected chi connectivity index (χ2v) is 8.93. The molecule has 1 saturated heterocycles. The number of aliphatic hydroxyl groups is 1. The molecular formula is C26H29Cl2NO5. The number of halogens is 2. The molecule has 1 amide bonds. The molecule has 1 aliphatic rings. The third-order valence-corrected chi connectivity index (χ3v) is 6.18. The van der Waals surface area contributed by atoms with Crippen molar-refractivity contribution in [3.05, 3.63) is 63.1 Å². The van der Waals surface area contributed by atoms with E-state index in [0.717, 1.165) is 19.3 Å². The number of likely N-dealkylation sites (tertiary alicyclic amines) is 1. The van der Waals surface area contributed by atoms with Crippen molar-refractivity contribution in [2.24, 2.45) is 0 Å². The van der Waals surface area contributed by atoms with Gasteiger partial charge in [-0.1, -0.05) is 62.0 Å². The lowest BCUT2D eigenvalue weighted by Crippen LogP contribution is -2.30. The lowest BCUT2D eigenvalue weighted by molar-refractivity contribution is -0.139. The molecule has 1 unspecified atom stereocenters. The number of unbranched alkanes of at least 4 members (excludes halogenated alkanes) is 2. The van der Waals surface area contributed by atoms with E-state index < -0.39 is 17.7 Å². The molecule has 1 atom stereocenters. The summed E-state index contributed by atoms with van der Waals surface area (Å²) < 4.78 is 11.1. The molecule has 0 aromatic heterocycles. The Morgan fingerprint density at radius 2 is 1.76 bits per heavy atom. The lowest BCUT2D eigenvalue weighted by Gasteiger charge is -2.25. The molecule has 8 heteroatoms. The maximum atomic E-state index is 13.1. The first-order valence-corrected chi connectivity index (χ1v) is 12.1. The summed E-state index contributed by atoms with van der Waals surface area (Å²) in [5.41, 5.74) is 0.796. The van der Waals surface area contributed by atoms with E-state index in [9.17, 15) is 14.7 Å². The van der Waals surface area contributed by atoms with Crippen molar-refractivity contribution in [3.63, 3.8) is 0 Å². The van der Waals surface area contributed by atoms with Crippen LogP contribution in [0.15, 0.2) is 42.0 Å². The van der Waals surface area contributed by atoms with Gasteiger partial charge in [-0.05, 0) is 42.7 Å². The minimum Gasteiger partial charge on any atom is -0.507 e. The molecule has 0 aliphatic carbocycles. The Hall–Kier alpha value is -2.70. The molecule has 1 fully saturated rings. The van der Waals surface area contributed by atoms with E-state index in [-0.39, 0.29) is 32.7 Å². The lowest BCUT2D eigenvalue weighted by atomic mass is 9.95. The number of amides is 1. The predicted octanol–water partition coefficient (Wildman–Crippen LogP) is 6.40. The summed E-state index contributed by atoms with van der Waals surface area (Å²) >= 11 is 12.4. The number of Topliss-reactive ketones (excluding diaryl/α,β-unsaturated/α-hetero) is 1. The van der Waals surface area contributed by atoms with Crippen LogP contribution in [0.1, 0.15) is 56.7 Å². The second kappa shape index (κ2) is 11.6. The number of aliphatic hydroxyl groups excluding tert-OH is 1. The highest BCUT2D eigenvalue weighted by Crippen LogP contribution is 2.43. The molecule has 0 radical (unpaired) electrons. The van der Waals surface area contributed by atoms with Gasteiger partial charge in [0.2, 0.25) is 0 Å². The Morgan fingerprint density at radius 3 is 2.38 bits per heavy atom. The number of hydrogen-bond donors (Lipinski definition) is 1. The zero-order chi connectivity index (χ0) is 24.8. The molecule has 1 N–H and O–H groups in total. The maximum Gasteiger partial charge on any atom is 0.295 e. The van der Waals surface area contributed by atoms with Gasteiger partial charge in [0.15, 0.2) is 0 Å². The Balaban J connectivity index is 2.07. The zero-order valence-corrected chi connectivity index (χ0v) is 21.1. The van der Waals surface area contributed by atoms with E-state index in [2.05, 4.69) is 6.92 Å². The van der Waals surface area contributed by atoms with Crippen LogP contribution in [0.25, 0.3) is 5.76 Å². The number of methoxy groups -OCH3 is 1. The highest BCUT2D eigenvalue weighted by atomic mass is 35.5. The van der Waals surface area contributed by atoms with E-state index in [1.165, 1.54) is 24.1 Å². The van der Waals surface area contributed by atoms with Gasteiger partial charge in [0, 0.05) is 11.6 Å². The van der Waals surface area contributed by atoms with Gasteiger partial charge in [0.05, 0.1) is 35.9 Å². The molecule has 2 aromatic rings. The molecule has 34 heavy (non-hydrogen) atoms. The summed E-state index contributed by atoms with van der Waals surface area (Å²) in [6, 6.07) is 9.41. The third kappa shape index (κ3) is 5.34. The van der Waals surface area contributed by atoms with E-state index in [4.69, 9.17) is 32.7 Å². The normalized spacial score (nSPS) is 17.3. The van der Waals surface area contributed by atoms with Crippen molar-refractivity contribution in [1.29, 1.82) is 0 Å². The highest BCUT2D eigenvalue weighted by Gasteiger charge is 2.46. The number of rotatable bonds is 10. The number of carbonyl (C=O) groups excluding carboxylic acids is 2. The minimum atomic E-state index is -0.769. The monoisotopic (exact) mass is 505 g/mol. The molecular weight excluding hydrogens is 477 g/mol. The van der Waals surface area contributed by atoms with Crippen molar-refractivity contribution < 1.29 is 24.2 Å². The molecule has 182 valence electrons. The summed E-state index contributed by atoms with van der Waals surface area (Å²) in [5.74, 6) is -0.951. The van der Waals surface area contributed by atoms with Gasteiger partial charge in [-0.15, -0.1) is 0 Å². The number of nitrogens with zero attached hydrogens (tertiary/aromatic N) is 1. The largest absolute Gasteiger partial charge is 0.507 e. The van der Waals surface area contributed by atoms with Gasteiger partial charge in [-0.2, -0.15) is 0 Å². The van der Waals surface area contributed by atoms with Gasteiger partial charge < -0.3 is 19.5 Å². The van der Waals surface area contributed by atoms with Crippen molar-refractivity contribution in [1.82, 2.24) is 4.90 Å². The molecule has 2 aromatic carbocycles. The van der Waals surface area contributed by atoms with Crippen molar-refractivity contribution in [2.45, 2.75) is 45.6 Å². The third-order valence-electron chi connectivity index (χ3n) is 5.68. The number of ketones is 1. The van der Waals surface area contributed by atoms with Crippen molar-refractivity contribution >= 4 is 40.7 Å². The van der Waals surface area contributed by atoms with Crippen LogP contribution in [0.5, 0.6) is 11.5 Å². The van der Waals surface area contributed by atoms with Crippen LogP contribution in [0.2, 0.25) is 10.0 Å². The molecule has 0 spiro atoms. The number of benzene rings is 2. The van der Waals surface area contributed by atoms with Gasteiger partial charge >= 0.3 is 0 Å². The smallest absolute Gasteiger partial charge is 0.295 e. The van der Waals surface area contributed by atoms with Gasteiger partial charge in [-0.25, -0.2) is 0 Å². The van der Waals surface area contributed by atoms with Gasteiger partial charge in [-0.3, -0.25) is 9.59 Å². The fourth-order valence-electron chi connectivity index (χ4n) is 4.08. The van der Waals surface area contributed by atoms with Crippen molar-refractivity contribution in [2.75, 3.05) is 20.3 Å². The van der Waals surface area contributed by atoms with E-state index in [1.54, 1.807) is 0 Å². The Morgan fingerprint density at radius 1 is 1.06 bits per heavy atom. The number of ether oxygens (including phenoxy) is 2. The first kappa shape index (κ1) is 25.9. The molecule has 6 nitrogen and oxygen atoms in total. The molecule has 1 heterocycles. The van der Waals surface area contributed by atoms with Crippen LogP contribution in [-0.2, 0) is 9.59 Å². The Kier molecular flexibility index (Phi) is 8.86. The Labute approximate surface area is 210 Å². The van der Waals surface area contributed by atoms with E-state index >= 15 is 0 Å². The molecule has 1 aliphatic heterocycles. The fraction of sp³-hybridized carbons (Fsp3) is 0.385. The SMILES string of the molecule is CCCCCOc1ccc(C2/C(=C(\O)c3cc(Cl)cc(Cl)c3OC)C(=O)C(=O)N2CCC)cc1. The van der Waals surface area contributed by atoms with Crippen LogP contribution in [0, 0.1) is 0 Å². The average Bonchev–Trinajstić information content (AvgIpc) is 3.06. The summed E-state index contributed by atoms with van der Waals surface area (Å²) in [4.78, 5) is 27.5. The Bertz CT molecular complexity index is 1080. The van der Waals surface area contributed by atoms with Crippen LogP contribution in [-0.4, -0.2) is 42.0 Å². The second-order valence-electron chi connectivity index (χ2n) is 8.09. The van der Waals surface area contributed by atoms with Gasteiger partial charge in [0.1, 0.15) is 17.3 Å². The van der Waals surface area contributed by atoms with Crippen LogP contribution >= 0.6 is 23.2 Å². The van der Waals surface area contributed by atoms with E-state index in [1.807, 2.05) is 31.2 Å². The summed E-state index contributed by atoms with van der Waals surface area (Å²) in [7, 11) is 1.40. The minimum absolute atomic E-state index is 0.0355.